The summed E-state index contributed by atoms with van der Waals surface area (Å²) in [5.74, 6) is 0.617. The van der Waals surface area contributed by atoms with E-state index in [-0.39, 0.29) is 17.9 Å². The van der Waals surface area contributed by atoms with Crippen LogP contribution >= 0.6 is 0 Å². The summed E-state index contributed by atoms with van der Waals surface area (Å²) in [7, 11) is 0. The Morgan fingerprint density at radius 3 is 2.71 bits per heavy atom. The number of aryl methyl sites for hydroxylation is 1. The Kier molecular flexibility index (Phi) is 3.78. The number of nitrogens with zero attached hydrogens (tertiary/aromatic N) is 3. The summed E-state index contributed by atoms with van der Waals surface area (Å²) in [6.07, 6.45) is -4.40. The van der Waals surface area contributed by atoms with Crippen LogP contribution in [0.5, 0.6) is 0 Å². The highest BCUT2D eigenvalue weighted by molar-refractivity contribution is 5.46. The fourth-order valence-electron chi connectivity index (χ4n) is 2.22. The van der Waals surface area contributed by atoms with Gasteiger partial charge < -0.3 is 5.32 Å². The number of rotatable bonds is 3. The van der Waals surface area contributed by atoms with Gasteiger partial charge in [-0.1, -0.05) is 6.07 Å². The van der Waals surface area contributed by atoms with E-state index in [0.717, 1.165) is 12.1 Å². The van der Waals surface area contributed by atoms with Crippen molar-refractivity contribution in [2.45, 2.75) is 26.6 Å². The molecule has 6 nitrogen and oxygen atoms in total. The molecule has 1 aromatic carbocycles. The lowest BCUT2D eigenvalue weighted by Gasteiger charge is -2.09. The van der Waals surface area contributed by atoms with E-state index >= 15 is 0 Å². The quantitative estimate of drug-likeness (QED) is 0.770. The Hall–Kier alpha value is -2.84. The van der Waals surface area contributed by atoms with Gasteiger partial charge in [-0.25, -0.2) is 4.98 Å². The van der Waals surface area contributed by atoms with Crippen LogP contribution < -0.4 is 10.9 Å². The minimum absolute atomic E-state index is 0.127. The molecule has 0 aliphatic rings. The molecule has 24 heavy (non-hydrogen) atoms. The van der Waals surface area contributed by atoms with Gasteiger partial charge in [0.2, 0.25) is 0 Å². The number of aromatic amines is 1. The first kappa shape index (κ1) is 16.0. The van der Waals surface area contributed by atoms with E-state index in [1.807, 2.05) is 0 Å². The molecule has 126 valence electrons. The second-order valence-electron chi connectivity index (χ2n) is 5.37. The van der Waals surface area contributed by atoms with E-state index in [9.17, 15) is 18.0 Å². The third kappa shape index (κ3) is 2.97. The monoisotopic (exact) mass is 337 g/mol. The van der Waals surface area contributed by atoms with Crippen LogP contribution in [0.4, 0.5) is 18.9 Å². The van der Waals surface area contributed by atoms with Crippen molar-refractivity contribution < 1.29 is 13.2 Å². The Balaban J connectivity index is 1.84. The molecule has 2 N–H and O–H groups in total. The van der Waals surface area contributed by atoms with Gasteiger partial charge in [-0.3, -0.25) is 9.89 Å². The fourth-order valence-corrected chi connectivity index (χ4v) is 2.22. The van der Waals surface area contributed by atoms with Crippen molar-refractivity contribution in [3.05, 3.63) is 57.3 Å². The molecule has 0 fully saturated rings. The van der Waals surface area contributed by atoms with Gasteiger partial charge in [-0.15, -0.1) is 0 Å². The lowest BCUT2D eigenvalue weighted by molar-refractivity contribution is -0.137. The first-order valence-electron chi connectivity index (χ1n) is 7.11. The van der Waals surface area contributed by atoms with E-state index in [1.54, 1.807) is 13.8 Å². The van der Waals surface area contributed by atoms with E-state index in [0.29, 0.717) is 22.8 Å². The maximum Gasteiger partial charge on any atom is 0.416 e. The van der Waals surface area contributed by atoms with Crippen LogP contribution in [0.25, 0.3) is 5.78 Å². The smallest absolute Gasteiger partial charge is 0.378 e. The highest BCUT2D eigenvalue weighted by atomic mass is 19.4. The van der Waals surface area contributed by atoms with Gasteiger partial charge in [0.15, 0.2) is 0 Å². The number of H-pyrrole nitrogens is 1. The molecule has 9 heteroatoms. The van der Waals surface area contributed by atoms with Crippen LogP contribution in [0, 0.1) is 13.8 Å². The molecular weight excluding hydrogens is 323 g/mol. The van der Waals surface area contributed by atoms with Crippen molar-refractivity contribution in [1.82, 2.24) is 19.6 Å². The summed E-state index contributed by atoms with van der Waals surface area (Å²) >= 11 is 0. The molecule has 2 aromatic heterocycles. The van der Waals surface area contributed by atoms with Crippen LogP contribution in [0.15, 0.2) is 29.1 Å². The maximum atomic E-state index is 12.7. The number of hydrogen-bond donors (Lipinski definition) is 2. The molecular formula is C15H14F3N5O. The molecule has 0 radical (unpaired) electrons. The van der Waals surface area contributed by atoms with Gasteiger partial charge in [-0.2, -0.15) is 22.7 Å². The van der Waals surface area contributed by atoms with Crippen molar-refractivity contribution in [2.75, 3.05) is 5.32 Å². The van der Waals surface area contributed by atoms with Crippen LogP contribution in [-0.4, -0.2) is 19.6 Å². The minimum atomic E-state index is -4.40. The summed E-state index contributed by atoms with van der Waals surface area (Å²) in [5, 5.41) is 5.64. The van der Waals surface area contributed by atoms with E-state index < -0.39 is 11.7 Å². The number of alkyl halides is 3. The van der Waals surface area contributed by atoms with Crippen LogP contribution in [-0.2, 0) is 12.7 Å². The third-order valence-corrected chi connectivity index (χ3v) is 3.66. The molecule has 0 saturated carbocycles. The molecule has 0 saturated heterocycles. The third-order valence-electron chi connectivity index (χ3n) is 3.66. The topological polar surface area (TPSA) is 75.1 Å². The second kappa shape index (κ2) is 5.66. The number of hydrogen-bond acceptors (Lipinski definition) is 4. The Morgan fingerprint density at radius 1 is 1.25 bits per heavy atom. The molecule has 0 atom stereocenters. The minimum Gasteiger partial charge on any atom is -0.378 e. The average Bonchev–Trinajstić information content (AvgIpc) is 2.93. The standard InChI is InChI=1S/C15H14F3N5O/c1-8-9(2)20-14-21-12(22-23(14)13(8)24)7-19-11-5-3-4-10(6-11)15(16,17)18/h3-6,19H,7H2,1-2H3,(H,20,21,22). The normalized spacial score (nSPS) is 11.9. The van der Waals surface area contributed by atoms with Crippen molar-refractivity contribution in [3.63, 3.8) is 0 Å². The summed E-state index contributed by atoms with van der Waals surface area (Å²) in [4.78, 5) is 20.5. The number of aromatic nitrogens is 4. The van der Waals surface area contributed by atoms with E-state index in [1.165, 1.54) is 16.6 Å². The molecule has 0 aliphatic heterocycles. The first-order valence-corrected chi connectivity index (χ1v) is 7.11. The highest BCUT2D eigenvalue weighted by Crippen LogP contribution is 2.30. The lowest BCUT2D eigenvalue weighted by atomic mass is 10.2. The summed E-state index contributed by atoms with van der Waals surface area (Å²) in [6, 6.07) is 4.86. The second-order valence-corrected chi connectivity index (χ2v) is 5.37. The largest absolute Gasteiger partial charge is 0.416 e. The van der Waals surface area contributed by atoms with Crippen molar-refractivity contribution in [3.8, 4) is 0 Å². The number of anilines is 1. The van der Waals surface area contributed by atoms with Gasteiger partial charge in [0.05, 0.1) is 12.1 Å². The molecule has 2 heterocycles. The summed E-state index contributed by atoms with van der Waals surface area (Å²) < 4.78 is 39.3. The van der Waals surface area contributed by atoms with E-state index in [2.05, 4.69) is 20.4 Å². The Bertz CT molecular complexity index is 958. The SMILES string of the molecule is Cc1nc2nc(CNc3cccc(C(F)(F)F)c3)[nH]n2c(=O)c1C. The predicted molar refractivity (Wildman–Crippen MR) is 81.9 cm³/mol. The summed E-state index contributed by atoms with van der Waals surface area (Å²) in [5.41, 5.74) is 0.409. The fraction of sp³-hybridized carbons (Fsp3) is 0.267. The van der Waals surface area contributed by atoms with Crippen molar-refractivity contribution in [2.24, 2.45) is 0 Å². The maximum absolute atomic E-state index is 12.7. The average molecular weight is 337 g/mol. The zero-order valence-corrected chi connectivity index (χ0v) is 12.9. The summed E-state index contributed by atoms with van der Waals surface area (Å²) in [6.45, 7) is 3.51. The predicted octanol–water partition coefficient (Wildman–Crippen LogP) is 2.67. The van der Waals surface area contributed by atoms with Crippen LogP contribution in [0.2, 0.25) is 0 Å². The first-order chi connectivity index (χ1) is 11.3. The number of fused-ring (bicyclic) bond motifs is 1. The molecule has 0 unspecified atom stereocenters. The number of halogens is 3. The molecule has 3 rings (SSSR count). The van der Waals surface area contributed by atoms with Crippen molar-refractivity contribution >= 4 is 11.5 Å². The number of nitrogens with one attached hydrogen (secondary N) is 2. The Morgan fingerprint density at radius 2 is 2.00 bits per heavy atom. The molecule has 0 aliphatic carbocycles. The lowest BCUT2D eigenvalue weighted by Crippen LogP contribution is -2.19. The van der Waals surface area contributed by atoms with Gasteiger partial charge >= 0.3 is 6.18 Å². The Labute approximate surface area is 134 Å². The van der Waals surface area contributed by atoms with E-state index in [4.69, 9.17) is 0 Å². The van der Waals surface area contributed by atoms with Crippen LogP contribution in [0.3, 0.4) is 0 Å². The van der Waals surface area contributed by atoms with Crippen LogP contribution in [0.1, 0.15) is 22.6 Å². The zero-order valence-electron chi connectivity index (χ0n) is 12.9. The van der Waals surface area contributed by atoms with Gasteiger partial charge in [0.1, 0.15) is 5.82 Å². The van der Waals surface area contributed by atoms with Crippen molar-refractivity contribution in [1.29, 1.82) is 0 Å². The molecule has 0 amide bonds. The van der Waals surface area contributed by atoms with Gasteiger partial charge in [0, 0.05) is 16.9 Å². The molecule has 0 spiro atoms. The molecule has 3 aromatic rings. The zero-order chi connectivity index (χ0) is 17.5. The van der Waals surface area contributed by atoms with Gasteiger partial charge in [0.25, 0.3) is 11.3 Å². The van der Waals surface area contributed by atoms with Gasteiger partial charge in [-0.05, 0) is 32.0 Å². The number of benzene rings is 1. The molecule has 0 bridgehead atoms. The highest BCUT2D eigenvalue weighted by Gasteiger charge is 2.30.